The Bertz CT molecular complexity index is 780. The molecule has 0 heterocycles. The van der Waals surface area contributed by atoms with E-state index in [0.717, 1.165) is 22.0 Å². The first kappa shape index (κ1) is 16.7. The largest absolute Gasteiger partial charge is 0.497 e. The van der Waals surface area contributed by atoms with Crippen LogP contribution in [0, 0.1) is 5.82 Å². The van der Waals surface area contributed by atoms with Crippen molar-refractivity contribution in [3.8, 4) is 5.75 Å². The highest BCUT2D eigenvalue weighted by atomic mass is 35.5. The molecule has 0 aliphatic carbocycles. The van der Waals surface area contributed by atoms with Crippen molar-refractivity contribution in [2.45, 2.75) is 11.4 Å². The van der Waals surface area contributed by atoms with Gasteiger partial charge < -0.3 is 4.74 Å². The lowest BCUT2D eigenvalue weighted by atomic mass is 10.2. The van der Waals surface area contributed by atoms with Crippen LogP contribution in [0.2, 0.25) is 5.02 Å². The normalized spacial score (nSPS) is 11.7. The van der Waals surface area contributed by atoms with Crippen LogP contribution in [0.4, 0.5) is 4.39 Å². The Labute approximate surface area is 134 Å². The molecule has 118 valence electrons. The van der Waals surface area contributed by atoms with Crippen LogP contribution < -0.4 is 4.74 Å². The third kappa shape index (κ3) is 3.58. The lowest BCUT2D eigenvalue weighted by Crippen LogP contribution is -2.27. The molecule has 0 unspecified atom stereocenters. The van der Waals surface area contributed by atoms with Crippen LogP contribution in [0.1, 0.15) is 5.56 Å². The van der Waals surface area contributed by atoms with Gasteiger partial charge in [-0.15, -0.1) is 0 Å². The fourth-order valence-corrected chi connectivity index (χ4v) is 3.32. The Morgan fingerprint density at radius 3 is 2.59 bits per heavy atom. The molecule has 0 aromatic heterocycles. The molecule has 22 heavy (non-hydrogen) atoms. The Hall–Kier alpha value is -1.63. The molecule has 4 nitrogen and oxygen atoms in total. The molecule has 0 spiro atoms. The van der Waals surface area contributed by atoms with Crippen molar-refractivity contribution in [1.82, 2.24) is 4.31 Å². The minimum Gasteiger partial charge on any atom is -0.497 e. The smallest absolute Gasteiger partial charge is 0.246 e. The molecule has 0 saturated heterocycles. The summed E-state index contributed by atoms with van der Waals surface area (Å²) in [6, 6.07) is 10.5. The van der Waals surface area contributed by atoms with Crippen LogP contribution in [0.15, 0.2) is 47.4 Å². The molecule has 0 N–H and O–H groups in total. The van der Waals surface area contributed by atoms with Crippen LogP contribution in [0.5, 0.6) is 5.75 Å². The van der Waals surface area contributed by atoms with Gasteiger partial charge >= 0.3 is 0 Å². The topological polar surface area (TPSA) is 46.6 Å². The predicted molar refractivity (Wildman–Crippen MR) is 83.1 cm³/mol. The molecular weight excluding hydrogens is 329 g/mol. The quantitative estimate of drug-likeness (QED) is 0.836. The molecule has 2 rings (SSSR count). The van der Waals surface area contributed by atoms with Gasteiger partial charge in [0.25, 0.3) is 0 Å². The molecule has 0 saturated carbocycles. The molecular formula is C15H15ClFNO3S. The molecule has 0 atom stereocenters. The summed E-state index contributed by atoms with van der Waals surface area (Å²) in [5, 5.41) is 0.145. The third-order valence-corrected chi connectivity index (χ3v) is 5.19. The zero-order chi connectivity index (χ0) is 16.3. The monoisotopic (exact) mass is 343 g/mol. The maximum atomic E-state index is 13.9. The summed E-state index contributed by atoms with van der Waals surface area (Å²) in [5.41, 5.74) is 0.736. The van der Waals surface area contributed by atoms with Crippen molar-refractivity contribution in [2.75, 3.05) is 14.2 Å². The molecule has 7 heteroatoms. The third-order valence-electron chi connectivity index (χ3n) is 3.12. The molecule has 0 bridgehead atoms. The van der Waals surface area contributed by atoms with E-state index in [4.69, 9.17) is 16.3 Å². The number of methoxy groups -OCH3 is 1. The summed E-state index contributed by atoms with van der Waals surface area (Å²) < 4.78 is 44.9. The van der Waals surface area contributed by atoms with Crippen LogP contribution in [-0.4, -0.2) is 26.9 Å². The number of nitrogens with zero attached hydrogens (tertiary/aromatic N) is 1. The van der Waals surface area contributed by atoms with Gasteiger partial charge in [-0.25, -0.2) is 12.8 Å². The second kappa shape index (κ2) is 6.64. The zero-order valence-electron chi connectivity index (χ0n) is 12.1. The molecule has 0 radical (unpaired) electrons. The van der Waals surface area contributed by atoms with Crippen LogP contribution >= 0.6 is 11.6 Å². The average molecular weight is 344 g/mol. The van der Waals surface area contributed by atoms with Gasteiger partial charge in [0.2, 0.25) is 10.0 Å². The van der Waals surface area contributed by atoms with E-state index in [9.17, 15) is 12.8 Å². The maximum Gasteiger partial charge on any atom is 0.246 e. The number of benzene rings is 2. The first-order chi connectivity index (χ1) is 10.3. The van der Waals surface area contributed by atoms with Gasteiger partial charge in [-0.1, -0.05) is 23.7 Å². The summed E-state index contributed by atoms with van der Waals surface area (Å²) in [6.07, 6.45) is 0. The van der Waals surface area contributed by atoms with E-state index in [0.29, 0.717) is 5.75 Å². The van der Waals surface area contributed by atoms with Gasteiger partial charge in [0, 0.05) is 18.6 Å². The first-order valence-electron chi connectivity index (χ1n) is 6.39. The van der Waals surface area contributed by atoms with Gasteiger partial charge in [-0.05, 0) is 35.9 Å². The van der Waals surface area contributed by atoms with Crippen molar-refractivity contribution >= 4 is 21.6 Å². The number of hydrogen-bond donors (Lipinski definition) is 0. The van der Waals surface area contributed by atoms with E-state index < -0.39 is 20.7 Å². The summed E-state index contributed by atoms with van der Waals surface area (Å²) in [6.45, 7) is 0.0988. The van der Waals surface area contributed by atoms with Gasteiger partial charge in [-0.3, -0.25) is 0 Å². The van der Waals surface area contributed by atoms with Crippen molar-refractivity contribution < 1.29 is 17.5 Å². The van der Waals surface area contributed by atoms with E-state index in [1.807, 2.05) is 0 Å². The van der Waals surface area contributed by atoms with Crippen LogP contribution in [0.3, 0.4) is 0 Å². The summed E-state index contributed by atoms with van der Waals surface area (Å²) in [5.74, 6) is -0.244. The lowest BCUT2D eigenvalue weighted by molar-refractivity contribution is 0.412. The fraction of sp³-hybridized carbons (Fsp3) is 0.200. The summed E-state index contributed by atoms with van der Waals surface area (Å²) in [7, 11) is -1.02. The first-order valence-corrected chi connectivity index (χ1v) is 8.20. The number of hydrogen-bond acceptors (Lipinski definition) is 3. The van der Waals surface area contributed by atoms with E-state index in [1.54, 1.807) is 24.3 Å². The predicted octanol–water partition coefficient (Wildman–Crippen LogP) is 3.31. The molecule has 0 amide bonds. The van der Waals surface area contributed by atoms with E-state index in [-0.39, 0.29) is 11.6 Å². The molecule has 0 fully saturated rings. The van der Waals surface area contributed by atoms with Crippen LogP contribution in [0.25, 0.3) is 0 Å². The molecule has 2 aromatic carbocycles. The fourth-order valence-electron chi connectivity index (χ4n) is 1.97. The highest BCUT2D eigenvalue weighted by Gasteiger charge is 2.24. The van der Waals surface area contributed by atoms with Gasteiger partial charge in [0.05, 0.1) is 7.11 Å². The Kier molecular flexibility index (Phi) is 5.05. The van der Waals surface area contributed by atoms with Gasteiger partial charge in [0.15, 0.2) is 0 Å². The summed E-state index contributed by atoms with van der Waals surface area (Å²) in [4.78, 5) is -0.401. The molecule has 0 aliphatic heterocycles. The maximum absolute atomic E-state index is 13.9. The van der Waals surface area contributed by atoms with Crippen LogP contribution in [-0.2, 0) is 16.6 Å². The average Bonchev–Trinajstić information content (AvgIpc) is 2.47. The SMILES string of the molecule is COc1cccc(CN(C)S(=O)(=O)c2ccc(Cl)cc2F)c1. The van der Waals surface area contributed by atoms with Crippen molar-refractivity contribution in [2.24, 2.45) is 0 Å². The standard InChI is InChI=1S/C15H15ClFNO3S/c1-18(10-11-4-3-5-13(8-11)21-2)22(19,20)15-7-6-12(16)9-14(15)17/h3-9H,10H2,1-2H3. The van der Waals surface area contributed by atoms with Crippen molar-refractivity contribution in [3.63, 3.8) is 0 Å². The van der Waals surface area contributed by atoms with Gasteiger partial charge in [-0.2, -0.15) is 4.31 Å². The second-order valence-electron chi connectivity index (χ2n) is 4.69. The Balaban J connectivity index is 2.28. The number of sulfonamides is 1. The molecule has 2 aromatic rings. The zero-order valence-corrected chi connectivity index (χ0v) is 13.7. The van der Waals surface area contributed by atoms with Crippen molar-refractivity contribution in [3.05, 3.63) is 58.9 Å². The Morgan fingerprint density at radius 2 is 1.95 bits per heavy atom. The Morgan fingerprint density at radius 1 is 1.23 bits per heavy atom. The number of ether oxygens (including phenoxy) is 1. The highest BCUT2D eigenvalue weighted by molar-refractivity contribution is 7.89. The number of rotatable bonds is 5. The van der Waals surface area contributed by atoms with Crippen molar-refractivity contribution in [1.29, 1.82) is 0 Å². The minimum absolute atomic E-state index is 0.0988. The number of halogens is 2. The van der Waals surface area contributed by atoms with E-state index in [2.05, 4.69) is 0 Å². The van der Waals surface area contributed by atoms with E-state index >= 15 is 0 Å². The second-order valence-corrected chi connectivity index (χ2v) is 7.14. The molecule has 0 aliphatic rings. The highest BCUT2D eigenvalue weighted by Crippen LogP contribution is 2.23. The van der Waals surface area contributed by atoms with E-state index in [1.165, 1.54) is 20.2 Å². The summed E-state index contributed by atoms with van der Waals surface area (Å²) >= 11 is 5.65. The lowest BCUT2D eigenvalue weighted by Gasteiger charge is -2.18. The van der Waals surface area contributed by atoms with Gasteiger partial charge in [0.1, 0.15) is 16.5 Å². The minimum atomic E-state index is -3.95.